The third-order valence-corrected chi connectivity index (χ3v) is 18.7. The molecule has 3 saturated heterocycles. The molecule has 0 radical (unpaired) electrons. The molecular formula is C61H81F12N3O9. The van der Waals surface area contributed by atoms with Gasteiger partial charge in [-0.3, -0.25) is 9.69 Å². The maximum absolute atomic E-state index is 12.9. The van der Waals surface area contributed by atoms with Crippen molar-refractivity contribution >= 4 is 30.8 Å². The number of benzene rings is 2. The van der Waals surface area contributed by atoms with Crippen molar-refractivity contribution in [1.29, 1.82) is 0 Å². The molecule has 2 aromatic carbocycles. The highest BCUT2D eigenvalue weighted by atomic mass is 19.4. The summed E-state index contributed by atoms with van der Waals surface area (Å²) in [6, 6.07) is 13.2. The summed E-state index contributed by atoms with van der Waals surface area (Å²) in [7, 11) is 0. The van der Waals surface area contributed by atoms with Crippen LogP contribution < -0.4 is 0 Å². The maximum Gasteiger partial charge on any atom is 0.434 e. The van der Waals surface area contributed by atoms with E-state index in [2.05, 4.69) is 100 Å². The minimum atomic E-state index is -5.72. The lowest BCUT2D eigenvalue weighted by atomic mass is 9.61. The van der Waals surface area contributed by atoms with E-state index in [-0.39, 0.29) is 71.1 Å². The van der Waals surface area contributed by atoms with Crippen LogP contribution in [0.25, 0.3) is 0 Å². The monoisotopic (exact) mass is 1230 g/mol. The van der Waals surface area contributed by atoms with Crippen molar-refractivity contribution in [3.63, 3.8) is 0 Å². The van der Waals surface area contributed by atoms with Gasteiger partial charge >= 0.3 is 49.2 Å². The molecule has 478 valence electrons. The molecule has 3 heterocycles. The summed E-state index contributed by atoms with van der Waals surface area (Å²) in [5.74, 6) is 0. The van der Waals surface area contributed by atoms with Crippen LogP contribution >= 0.6 is 0 Å². The van der Waals surface area contributed by atoms with Crippen LogP contribution in [0.3, 0.4) is 0 Å². The number of ether oxygens (including phenoxy) is 2. The lowest BCUT2D eigenvalue weighted by Crippen LogP contribution is -2.54. The van der Waals surface area contributed by atoms with Gasteiger partial charge in [-0.2, -0.15) is 71.9 Å². The minimum Gasteiger partial charge on any atom is -0.426 e. The van der Waals surface area contributed by atoms with E-state index in [1.807, 2.05) is 6.07 Å². The highest BCUT2D eigenvalue weighted by Gasteiger charge is 2.62. The first-order valence-corrected chi connectivity index (χ1v) is 28.8. The van der Waals surface area contributed by atoms with Gasteiger partial charge in [-0.15, -0.1) is 0 Å². The summed E-state index contributed by atoms with van der Waals surface area (Å²) in [5, 5.41) is 0. The van der Waals surface area contributed by atoms with Gasteiger partial charge in [-0.05, 0) is 143 Å². The van der Waals surface area contributed by atoms with Gasteiger partial charge in [0.05, 0.1) is 0 Å². The quantitative estimate of drug-likeness (QED) is 0.194. The summed E-state index contributed by atoms with van der Waals surface area (Å²) in [6.45, 7) is 20.2. The molecule has 3 aliphatic heterocycles. The molecule has 24 heteroatoms. The molecule has 6 aliphatic rings. The lowest BCUT2D eigenvalue weighted by molar-refractivity contribution is -0.309. The number of nitrogens with zero attached hydrogens (tertiary/aromatic N) is 3. The Morgan fingerprint density at radius 2 is 0.847 bits per heavy atom. The Kier molecular flexibility index (Phi) is 24.2. The van der Waals surface area contributed by atoms with Gasteiger partial charge in [0.25, 0.3) is 12.2 Å². The summed E-state index contributed by atoms with van der Waals surface area (Å²) in [4.78, 5) is 71.8. The first-order valence-electron chi connectivity index (χ1n) is 28.8. The number of carbonyl (C=O) groups excluding carboxylic acids is 7. The predicted molar refractivity (Wildman–Crippen MR) is 287 cm³/mol. The van der Waals surface area contributed by atoms with Crippen molar-refractivity contribution < 1.29 is 95.7 Å². The topological polar surface area (TPSA) is 148 Å². The molecule has 6 fully saturated rings. The summed E-state index contributed by atoms with van der Waals surface area (Å²) >= 11 is 0. The molecule has 0 aromatic heterocycles. The summed E-state index contributed by atoms with van der Waals surface area (Å²) in [6.07, 6.45) is -14.5. The zero-order valence-corrected chi connectivity index (χ0v) is 49.7. The molecule has 0 unspecified atom stereocenters. The molecule has 8 rings (SSSR count). The van der Waals surface area contributed by atoms with E-state index in [4.69, 9.17) is 19.2 Å². The number of likely N-dealkylation sites (tertiary alicyclic amines) is 3. The fourth-order valence-corrected chi connectivity index (χ4v) is 14.2. The zero-order chi connectivity index (χ0) is 64.3. The van der Waals surface area contributed by atoms with Gasteiger partial charge < -0.3 is 19.3 Å². The van der Waals surface area contributed by atoms with Gasteiger partial charge in [0, 0.05) is 54.7 Å². The predicted octanol–water partition coefficient (Wildman–Crippen LogP) is 15.7. The Hall–Kier alpha value is -5.47. The van der Waals surface area contributed by atoms with Crippen molar-refractivity contribution in [3.05, 3.63) is 69.8 Å². The van der Waals surface area contributed by atoms with Crippen molar-refractivity contribution in [2.45, 2.75) is 231 Å². The Morgan fingerprint density at radius 3 is 1.21 bits per heavy atom. The van der Waals surface area contributed by atoms with Crippen molar-refractivity contribution in [1.82, 2.24) is 14.7 Å². The highest BCUT2D eigenvalue weighted by Crippen LogP contribution is 2.55. The number of hydrogen-bond donors (Lipinski definition) is 0. The number of amides is 2. The molecule has 0 N–H and O–H groups in total. The fourth-order valence-electron chi connectivity index (χ4n) is 14.2. The van der Waals surface area contributed by atoms with Gasteiger partial charge in [0.15, 0.2) is 0 Å². The van der Waals surface area contributed by atoms with Gasteiger partial charge in [0.2, 0.25) is 0 Å². The van der Waals surface area contributed by atoms with Crippen LogP contribution in [-0.4, -0.2) is 121 Å². The van der Waals surface area contributed by atoms with E-state index >= 15 is 0 Å². The van der Waals surface area contributed by atoms with E-state index in [9.17, 15) is 67.1 Å². The van der Waals surface area contributed by atoms with Crippen molar-refractivity contribution in [3.8, 4) is 0 Å². The second-order valence-electron chi connectivity index (χ2n) is 25.8. The number of alkyl halides is 12. The lowest BCUT2D eigenvalue weighted by Gasteiger charge is -2.45. The SMILES string of the molecule is Cc1cc(C=O)cc(C2(C(C)(C)C)CCCC2)c1.Cc1cc(CN2CCCC23CCN(C(=O)OC(C(F)(F)F)C(F)(F)F)CC3)cc(C2(C(C)(C)C)CCCC2)c1.O=C(OC(C(F)(F)F)C(F)(F)F)N1CCC2(CCCC2)CC1.O=C=O.O=C=O. The fraction of sp³-hybridized carbons (Fsp3) is 0.721. The number of aldehydes is 1. The molecule has 0 atom stereocenters. The van der Waals surface area contributed by atoms with E-state index in [1.54, 1.807) is 0 Å². The summed E-state index contributed by atoms with van der Waals surface area (Å²) < 4.78 is 159. The maximum atomic E-state index is 12.9. The highest BCUT2D eigenvalue weighted by molar-refractivity contribution is 5.75. The molecule has 2 amide bonds. The number of hydrogen-bond acceptors (Lipinski definition) is 10. The van der Waals surface area contributed by atoms with E-state index < -0.39 is 49.1 Å². The third kappa shape index (κ3) is 18.3. The van der Waals surface area contributed by atoms with Crippen LogP contribution in [0.5, 0.6) is 0 Å². The number of aryl methyl sites for hydroxylation is 2. The average Bonchev–Trinajstić information content (AvgIpc) is 3.94. The standard InChI is InChI=1S/C29H40F6N2O2.C17H24O.C13H17F6NO2.2CO2/c1-20-16-21(18-22(17-20)27(25(2,3)4)9-5-6-10-27)19-37-13-7-8-26(37)11-14-36(15-12-26)24(38)39-23(28(30,31)32)29(33,34)35;1-13-9-14(12-18)11-15(10-13)17(16(2,3)4)7-5-6-8-17;14-12(15,16)9(13(17,18)19)22-10(21)20-7-5-11(6-8-20)3-1-2-4-11;2*2-1-3/h16-18,23H,5-15,19H2,1-4H3;9-12H,5-8H2,1-4H3;9H,1-8H2;;. The second-order valence-corrected chi connectivity index (χ2v) is 25.8. The minimum absolute atomic E-state index is 0.0595. The molecule has 2 spiro atoms. The molecular weight excluding hydrogens is 1150 g/mol. The second kappa shape index (κ2) is 28.6. The van der Waals surface area contributed by atoms with E-state index in [1.165, 1.54) is 79.2 Å². The van der Waals surface area contributed by atoms with Crippen LogP contribution in [0.4, 0.5) is 62.3 Å². The Morgan fingerprint density at radius 1 is 0.494 bits per heavy atom. The average molecular weight is 1230 g/mol. The Labute approximate surface area is 489 Å². The number of rotatable bonds is 7. The zero-order valence-electron chi connectivity index (χ0n) is 49.7. The molecule has 3 aliphatic carbocycles. The van der Waals surface area contributed by atoms with Gasteiger partial charge in [-0.1, -0.05) is 115 Å². The van der Waals surface area contributed by atoms with Gasteiger partial charge in [-0.25, -0.2) is 9.59 Å². The first kappa shape index (κ1) is 72.0. The number of halogens is 12. The van der Waals surface area contributed by atoms with Crippen LogP contribution in [0.2, 0.25) is 0 Å². The van der Waals surface area contributed by atoms with Crippen molar-refractivity contribution in [2.75, 3.05) is 32.7 Å². The Bertz CT molecular complexity index is 2550. The van der Waals surface area contributed by atoms with Crippen LogP contribution in [0.1, 0.15) is 195 Å². The molecule has 2 aromatic rings. The van der Waals surface area contributed by atoms with Crippen LogP contribution in [0, 0.1) is 30.1 Å². The van der Waals surface area contributed by atoms with Gasteiger partial charge in [0.1, 0.15) is 6.29 Å². The smallest absolute Gasteiger partial charge is 0.426 e. The van der Waals surface area contributed by atoms with E-state index in [0.29, 0.717) is 25.7 Å². The molecule has 0 bridgehead atoms. The molecule has 85 heavy (non-hydrogen) atoms. The van der Waals surface area contributed by atoms with Crippen LogP contribution in [0.15, 0.2) is 36.4 Å². The molecule has 12 nitrogen and oxygen atoms in total. The normalized spacial score (nSPS) is 20.2. The number of piperidine rings is 2. The number of carbonyl (C=O) groups is 3. The first-order chi connectivity index (χ1) is 39.2. The Balaban J connectivity index is 0.000000283. The summed E-state index contributed by atoms with van der Waals surface area (Å²) in [5.41, 5.74) is 7.84. The van der Waals surface area contributed by atoms with Crippen LogP contribution in [-0.2, 0) is 46.0 Å². The van der Waals surface area contributed by atoms with E-state index in [0.717, 1.165) is 73.3 Å². The third-order valence-electron chi connectivity index (χ3n) is 18.7. The van der Waals surface area contributed by atoms with Crippen molar-refractivity contribution in [2.24, 2.45) is 16.2 Å². The largest absolute Gasteiger partial charge is 0.434 e. The molecule has 3 saturated carbocycles.